The van der Waals surface area contributed by atoms with Gasteiger partial charge in [-0.2, -0.15) is 0 Å². The lowest BCUT2D eigenvalue weighted by molar-refractivity contribution is -0.135. The summed E-state index contributed by atoms with van der Waals surface area (Å²) in [5.74, 6) is -1.06. The first-order chi connectivity index (χ1) is 8.44. The lowest BCUT2D eigenvalue weighted by atomic mass is 9.75. The maximum Gasteiger partial charge on any atom is 0.259 e. The fourth-order valence-corrected chi connectivity index (χ4v) is 2.36. The maximum absolute atomic E-state index is 14.6. The molecule has 0 radical (unpaired) electrons. The van der Waals surface area contributed by atoms with Crippen LogP contribution in [0.4, 0.5) is 4.39 Å². The highest BCUT2D eigenvalue weighted by Crippen LogP contribution is 2.44. The fourth-order valence-electron chi connectivity index (χ4n) is 2.36. The maximum atomic E-state index is 14.6. The molecule has 1 aliphatic rings. The summed E-state index contributed by atoms with van der Waals surface area (Å²) < 4.78 is 19.5. The van der Waals surface area contributed by atoms with Gasteiger partial charge in [0.15, 0.2) is 0 Å². The van der Waals surface area contributed by atoms with E-state index < -0.39 is 17.2 Å². The number of amides is 1. The Kier molecular flexibility index (Phi) is 3.08. The van der Waals surface area contributed by atoms with Crippen LogP contribution in [0, 0.1) is 0 Å². The third kappa shape index (κ3) is 1.77. The van der Waals surface area contributed by atoms with Gasteiger partial charge in [-0.1, -0.05) is 6.07 Å². The van der Waals surface area contributed by atoms with Gasteiger partial charge in [0, 0.05) is 18.9 Å². The standard InChI is InChI=1S/C12H15FN2O3/c1-18-7-11(17)4-5-12(13,10(14)16)8-3-2-6-15-9(8)11/h2-3,6,17H,4-5,7H2,1H3,(H2,14,16). The third-order valence-electron chi connectivity index (χ3n) is 3.33. The Hall–Kier alpha value is -1.53. The molecule has 1 aromatic rings. The zero-order chi connectivity index (χ0) is 13.4. The molecule has 1 amide bonds. The van der Waals surface area contributed by atoms with Crippen LogP contribution in [-0.2, 0) is 20.8 Å². The smallest absolute Gasteiger partial charge is 0.259 e. The molecule has 6 heteroatoms. The van der Waals surface area contributed by atoms with Gasteiger partial charge in [0.25, 0.3) is 5.91 Å². The number of carbonyl (C=O) groups excluding carboxylic acids is 1. The van der Waals surface area contributed by atoms with Crippen molar-refractivity contribution in [3.63, 3.8) is 0 Å². The second-order valence-corrected chi connectivity index (χ2v) is 4.53. The van der Waals surface area contributed by atoms with Crippen LogP contribution < -0.4 is 5.73 Å². The highest BCUT2D eigenvalue weighted by Gasteiger charge is 2.51. The van der Waals surface area contributed by atoms with Crippen LogP contribution >= 0.6 is 0 Å². The molecule has 0 bridgehead atoms. The third-order valence-corrected chi connectivity index (χ3v) is 3.33. The molecule has 1 aromatic heterocycles. The number of rotatable bonds is 3. The molecule has 5 nitrogen and oxygen atoms in total. The molecule has 2 atom stereocenters. The van der Waals surface area contributed by atoms with Crippen molar-refractivity contribution in [2.75, 3.05) is 13.7 Å². The SMILES string of the molecule is COCC1(O)CCC(F)(C(N)=O)c2cccnc21. The summed E-state index contributed by atoms with van der Waals surface area (Å²) in [6.45, 7) is -0.00808. The van der Waals surface area contributed by atoms with Crippen LogP contribution in [-0.4, -0.2) is 29.7 Å². The first-order valence-electron chi connectivity index (χ1n) is 5.60. The van der Waals surface area contributed by atoms with Crippen LogP contribution in [0.5, 0.6) is 0 Å². The van der Waals surface area contributed by atoms with Crippen LogP contribution in [0.2, 0.25) is 0 Å². The van der Waals surface area contributed by atoms with Crippen LogP contribution in [0.15, 0.2) is 18.3 Å². The molecule has 18 heavy (non-hydrogen) atoms. The lowest BCUT2D eigenvalue weighted by Crippen LogP contribution is -2.47. The Morgan fingerprint density at radius 1 is 1.67 bits per heavy atom. The topological polar surface area (TPSA) is 85.4 Å². The number of aromatic nitrogens is 1. The van der Waals surface area contributed by atoms with Crippen LogP contribution in [0.1, 0.15) is 24.1 Å². The van der Waals surface area contributed by atoms with Crippen LogP contribution in [0.25, 0.3) is 0 Å². The van der Waals surface area contributed by atoms with E-state index in [1.54, 1.807) is 0 Å². The van der Waals surface area contributed by atoms with Gasteiger partial charge in [-0.25, -0.2) is 4.39 Å². The molecule has 0 aromatic carbocycles. The Morgan fingerprint density at radius 2 is 2.39 bits per heavy atom. The monoisotopic (exact) mass is 254 g/mol. The molecular weight excluding hydrogens is 239 g/mol. The molecule has 1 heterocycles. The van der Waals surface area contributed by atoms with E-state index in [1.807, 2.05) is 0 Å². The number of carbonyl (C=O) groups is 1. The number of aliphatic hydroxyl groups is 1. The zero-order valence-corrected chi connectivity index (χ0v) is 10.0. The normalized spacial score (nSPS) is 30.8. The Balaban J connectivity index is 2.57. The van der Waals surface area contributed by atoms with E-state index in [1.165, 1.54) is 25.4 Å². The fraction of sp³-hybridized carbons (Fsp3) is 0.500. The number of alkyl halides is 1. The number of primary amides is 1. The molecule has 98 valence electrons. The van der Waals surface area contributed by atoms with Crippen molar-refractivity contribution in [3.8, 4) is 0 Å². The van der Waals surface area contributed by atoms with Gasteiger partial charge in [-0.15, -0.1) is 0 Å². The van der Waals surface area contributed by atoms with Gasteiger partial charge in [-0.3, -0.25) is 9.78 Å². The predicted octanol–water partition coefficient (Wildman–Crippen LogP) is 0.359. The molecule has 2 rings (SSSR count). The number of hydrogen-bond donors (Lipinski definition) is 2. The zero-order valence-electron chi connectivity index (χ0n) is 10.0. The van der Waals surface area contributed by atoms with E-state index in [-0.39, 0.29) is 30.7 Å². The van der Waals surface area contributed by atoms with Gasteiger partial charge in [0.2, 0.25) is 5.67 Å². The van der Waals surface area contributed by atoms with Crippen molar-refractivity contribution < 1.29 is 19.0 Å². The number of pyridine rings is 1. The summed E-state index contributed by atoms with van der Waals surface area (Å²) in [6.07, 6.45) is 1.29. The molecule has 3 N–H and O–H groups in total. The van der Waals surface area contributed by atoms with Gasteiger partial charge >= 0.3 is 0 Å². The Bertz CT molecular complexity index is 482. The van der Waals surface area contributed by atoms with Crippen molar-refractivity contribution in [3.05, 3.63) is 29.6 Å². The second-order valence-electron chi connectivity index (χ2n) is 4.53. The molecule has 0 aliphatic heterocycles. The molecule has 0 fully saturated rings. The number of methoxy groups -OCH3 is 1. The Morgan fingerprint density at radius 3 is 3.00 bits per heavy atom. The van der Waals surface area contributed by atoms with Crippen molar-refractivity contribution in [1.29, 1.82) is 0 Å². The van der Waals surface area contributed by atoms with E-state index in [2.05, 4.69) is 4.98 Å². The minimum absolute atomic E-state index is 0.00808. The number of nitrogens with zero attached hydrogens (tertiary/aromatic N) is 1. The summed E-state index contributed by atoms with van der Waals surface area (Å²) in [6, 6.07) is 2.93. The highest BCUT2D eigenvalue weighted by atomic mass is 19.1. The lowest BCUT2D eigenvalue weighted by Gasteiger charge is -2.38. The molecule has 1 aliphatic carbocycles. The van der Waals surface area contributed by atoms with Crippen molar-refractivity contribution in [1.82, 2.24) is 4.98 Å². The molecular formula is C12H15FN2O3. The number of halogens is 1. The summed E-state index contributed by atoms with van der Waals surface area (Å²) in [7, 11) is 1.44. The van der Waals surface area contributed by atoms with Crippen molar-refractivity contribution >= 4 is 5.91 Å². The second kappa shape index (κ2) is 4.29. The van der Waals surface area contributed by atoms with Gasteiger partial charge < -0.3 is 15.6 Å². The van der Waals surface area contributed by atoms with E-state index in [0.29, 0.717) is 0 Å². The number of fused-ring (bicyclic) bond motifs is 1. The summed E-state index contributed by atoms with van der Waals surface area (Å²) in [4.78, 5) is 15.3. The average molecular weight is 254 g/mol. The largest absolute Gasteiger partial charge is 0.381 e. The number of hydrogen-bond acceptors (Lipinski definition) is 4. The quantitative estimate of drug-likeness (QED) is 0.815. The predicted molar refractivity (Wildman–Crippen MR) is 61.2 cm³/mol. The first-order valence-corrected chi connectivity index (χ1v) is 5.60. The summed E-state index contributed by atoms with van der Waals surface area (Å²) >= 11 is 0. The summed E-state index contributed by atoms with van der Waals surface area (Å²) in [5, 5.41) is 10.4. The number of ether oxygens (including phenoxy) is 1. The van der Waals surface area contributed by atoms with Gasteiger partial charge in [-0.05, 0) is 18.9 Å². The molecule has 2 unspecified atom stereocenters. The van der Waals surface area contributed by atoms with Gasteiger partial charge in [0.05, 0.1) is 12.3 Å². The van der Waals surface area contributed by atoms with E-state index in [0.717, 1.165) is 0 Å². The molecule has 0 spiro atoms. The molecule has 0 saturated heterocycles. The highest BCUT2D eigenvalue weighted by molar-refractivity contribution is 5.85. The Labute approximate surface area is 104 Å². The van der Waals surface area contributed by atoms with E-state index >= 15 is 0 Å². The van der Waals surface area contributed by atoms with E-state index in [9.17, 15) is 14.3 Å². The summed E-state index contributed by atoms with van der Waals surface area (Å²) in [5.41, 5.74) is 1.63. The number of nitrogens with two attached hydrogens (primary N) is 1. The average Bonchev–Trinajstić information content (AvgIpc) is 2.35. The first kappa shape index (κ1) is 12.9. The minimum Gasteiger partial charge on any atom is -0.381 e. The minimum atomic E-state index is -2.27. The van der Waals surface area contributed by atoms with Crippen molar-refractivity contribution in [2.45, 2.75) is 24.1 Å². The molecule has 0 saturated carbocycles. The van der Waals surface area contributed by atoms with E-state index in [4.69, 9.17) is 10.5 Å². The van der Waals surface area contributed by atoms with Gasteiger partial charge in [0.1, 0.15) is 5.60 Å². The van der Waals surface area contributed by atoms with Crippen molar-refractivity contribution in [2.24, 2.45) is 5.73 Å². The van der Waals surface area contributed by atoms with Crippen LogP contribution in [0.3, 0.4) is 0 Å².